The first-order valence-corrected chi connectivity index (χ1v) is 11.9. The minimum atomic E-state index is -0.675. The predicted octanol–water partition coefficient (Wildman–Crippen LogP) is 1.20. The van der Waals surface area contributed by atoms with Crippen LogP contribution in [0.2, 0.25) is 0 Å². The molecule has 1 aliphatic heterocycles. The second-order valence-electron chi connectivity index (χ2n) is 8.45. The average molecular weight is 523 g/mol. The third-order valence-corrected chi connectivity index (χ3v) is 6.00. The first-order valence-electron chi connectivity index (χ1n) is 11.9. The van der Waals surface area contributed by atoms with E-state index in [-0.39, 0.29) is 5.56 Å². The van der Waals surface area contributed by atoms with Crippen LogP contribution in [-0.2, 0) is 4.74 Å². The van der Waals surface area contributed by atoms with Gasteiger partial charge in [0.15, 0.2) is 17.5 Å². The molecule has 4 heterocycles. The minimum Gasteiger partial charge on any atom is -0.481 e. The zero-order valence-electron chi connectivity index (χ0n) is 21.5. The Morgan fingerprint density at radius 3 is 2.45 bits per heavy atom. The Balaban J connectivity index is 1.61. The average Bonchev–Trinajstić information content (AvgIpc) is 2.99. The van der Waals surface area contributed by atoms with Crippen molar-refractivity contribution in [3.63, 3.8) is 0 Å². The fraction of sp³-hybridized carbons (Fsp3) is 0.375. The van der Waals surface area contributed by atoms with Gasteiger partial charge in [0.2, 0.25) is 11.8 Å². The van der Waals surface area contributed by atoms with Crippen LogP contribution in [0.5, 0.6) is 5.88 Å². The summed E-state index contributed by atoms with van der Waals surface area (Å²) in [5.74, 6) is 2.05. The smallest absolute Gasteiger partial charge is 0.277 e. The summed E-state index contributed by atoms with van der Waals surface area (Å²) in [5.41, 5.74) is 3.04. The lowest BCUT2D eigenvalue weighted by Crippen LogP contribution is -2.37. The highest BCUT2D eigenvalue weighted by atomic mass is 16.5. The summed E-state index contributed by atoms with van der Waals surface area (Å²) in [6.07, 6.45) is 4.37. The maximum atomic E-state index is 11.5. The molecule has 0 spiro atoms. The number of likely N-dealkylation sites (N-methyl/N-ethyl adjacent to an activating group) is 2. The molecule has 1 amide bonds. The summed E-state index contributed by atoms with van der Waals surface area (Å²) in [7, 11) is 5.32. The van der Waals surface area contributed by atoms with Crippen LogP contribution in [0.15, 0.2) is 35.7 Å². The number of pyridine rings is 1. The molecule has 3 aromatic heterocycles. The van der Waals surface area contributed by atoms with Crippen LogP contribution in [0.1, 0.15) is 10.4 Å². The Hall–Kier alpha value is -4.43. The van der Waals surface area contributed by atoms with Crippen molar-refractivity contribution in [3.05, 3.63) is 36.3 Å². The fourth-order valence-electron chi connectivity index (χ4n) is 3.80. The van der Waals surface area contributed by atoms with Crippen molar-refractivity contribution < 1.29 is 19.5 Å². The van der Waals surface area contributed by atoms with E-state index in [2.05, 4.69) is 31.6 Å². The van der Waals surface area contributed by atoms with E-state index in [1.54, 1.807) is 24.9 Å². The van der Waals surface area contributed by atoms with Gasteiger partial charge in [0.05, 0.1) is 25.9 Å². The van der Waals surface area contributed by atoms with Crippen molar-refractivity contribution >= 4 is 35.9 Å². The lowest BCUT2D eigenvalue weighted by atomic mass is 10.2. The number of nitrogens with zero attached hydrogens (tertiary/aromatic N) is 9. The number of morpholine rings is 1. The van der Waals surface area contributed by atoms with Crippen molar-refractivity contribution in [1.29, 1.82) is 0 Å². The zero-order chi connectivity index (χ0) is 27.1. The highest BCUT2D eigenvalue weighted by molar-refractivity contribution is 5.92. The Bertz CT molecular complexity index is 1250. The van der Waals surface area contributed by atoms with Crippen molar-refractivity contribution in [2.75, 3.05) is 75.3 Å². The van der Waals surface area contributed by atoms with Crippen molar-refractivity contribution in [2.24, 2.45) is 4.99 Å². The van der Waals surface area contributed by atoms with Gasteiger partial charge in [-0.25, -0.2) is 30.4 Å². The van der Waals surface area contributed by atoms with Crippen LogP contribution in [0.4, 0.5) is 23.3 Å². The number of hydrogen-bond donors (Lipinski definition) is 2. The van der Waals surface area contributed by atoms with E-state index < -0.39 is 5.91 Å². The Morgan fingerprint density at radius 2 is 1.84 bits per heavy atom. The van der Waals surface area contributed by atoms with Crippen LogP contribution >= 0.6 is 0 Å². The Morgan fingerprint density at radius 1 is 1.13 bits per heavy atom. The number of carbonyl (C=O) groups is 1. The number of hydroxylamine groups is 1. The molecule has 0 unspecified atom stereocenters. The second kappa shape index (κ2) is 12.2. The normalized spacial score (nSPS) is 13.1. The molecule has 0 atom stereocenters. The van der Waals surface area contributed by atoms with Crippen LogP contribution in [-0.4, -0.2) is 103 Å². The number of carbonyl (C=O) groups excluding carboxylic acids is 1. The van der Waals surface area contributed by atoms with Gasteiger partial charge < -0.3 is 24.2 Å². The van der Waals surface area contributed by atoms with E-state index in [0.29, 0.717) is 74.4 Å². The zero-order valence-corrected chi connectivity index (χ0v) is 21.5. The second-order valence-corrected chi connectivity index (χ2v) is 8.45. The highest BCUT2D eigenvalue weighted by Crippen LogP contribution is 2.37. The van der Waals surface area contributed by atoms with E-state index in [4.69, 9.17) is 24.6 Å². The summed E-state index contributed by atoms with van der Waals surface area (Å²) >= 11 is 0. The Kier molecular flexibility index (Phi) is 8.55. The molecular weight excluding hydrogens is 492 g/mol. The minimum absolute atomic E-state index is 0.153. The molecule has 14 heteroatoms. The largest absolute Gasteiger partial charge is 0.481 e. The molecule has 0 radical (unpaired) electrons. The van der Waals surface area contributed by atoms with Crippen LogP contribution in [0.3, 0.4) is 0 Å². The molecule has 38 heavy (non-hydrogen) atoms. The standard InChI is InChI=1S/C24H30N10O4/c1-25-19-21(32(2)7-8-33(3)24-27-14-17(15-28-24)23(35)31-36)29-20(16-5-6-18(37-4)26-13-16)30-22(19)34-9-11-38-12-10-34/h5-6,13-15,36H,1,7-12H2,2-4H3,(H,31,35). The number of methoxy groups -OCH3 is 1. The summed E-state index contributed by atoms with van der Waals surface area (Å²) in [4.78, 5) is 44.2. The SMILES string of the molecule is C=Nc1c(N(C)CCN(C)c2ncc(C(=O)NO)cn2)nc(-c2ccc(OC)nc2)nc1N1CCOCC1. The molecule has 3 aromatic rings. The lowest BCUT2D eigenvalue weighted by Gasteiger charge is -2.31. The number of aliphatic imine (C=N–C) groups is 1. The summed E-state index contributed by atoms with van der Waals surface area (Å²) < 4.78 is 10.7. The number of amides is 1. The summed E-state index contributed by atoms with van der Waals surface area (Å²) in [5, 5.41) is 8.77. The quantitative estimate of drug-likeness (QED) is 0.223. The van der Waals surface area contributed by atoms with E-state index in [1.165, 1.54) is 12.4 Å². The molecule has 0 saturated carbocycles. The lowest BCUT2D eigenvalue weighted by molar-refractivity contribution is 0.0705. The van der Waals surface area contributed by atoms with Gasteiger partial charge in [-0.1, -0.05) is 0 Å². The molecule has 200 valence electrons. The number of aromatic nitrogens is 5. The topological polar surface area (TPSA) is 154 Å². The molecule has 1 aliphatic rings. The fourth-order valence-corrected chi connectivity index (χ4v) is 3.80. The van der Waals surface area contributed by atoms with Gasteiger partial charge in [0.25, 0.3) is 5.91 Å². The number of rotatable bonds is 10. The van der Waals surface area contributed by atoms with Gasteiger partial charge in [0, 0.05) is 70.5 Å². The highest BCUT2D eigenvalue weighted by Gasteiger charge is 2.24. The maximum Gasteiger partial charge on any atom is 0.277 e. The van der Waals surface area contributed by atoms with Crippen molar-refractivity contribution in [2.45, 2.75) is 0 Å². The third kappa shape index (κ3) is 5.92. The molecule has 4 rings (SSSR count). The summed E-state index contributed by atoms with van der Waals surface area (Å²) in [6.45, 7) is 7.41. The number of hydrogen-bond acceptors (Lipinski definition) is 13. The maximum absolute atomic E-state index is 11.5. The number of nitrogens with one attached hydrogen (secondary N) is 1. The van der Waals surface area contributed by atoms with E-state index in [0.717, 1.165) is 5.56 Å². The van der Waals surface area contributed by atoms with Gasteiger partial charge in [-0.3, -0.25) is 15.0 Å². The first-order chi connectivity index (χ1) is 18.4. The van der Waals surface area contributed by atoms with Crippen LogP contribution in [0.25, 0.3) is 11.4 Å². The van der Waals surface area contributed by atoms with Gasteiger partial charge in [-0.2, -0.15) is 0 Å². The van der Waals surface area contributed by atoms with Gasteiger partial charge in [-0.15, -0.1) is 0 Å². The van der Waals surface area contributed by atoms with E-state index >= 15 is 0 Å². The van der Waals surface area contributed by atoms with Gasteiger partial charge >= 0.3 is 0 Å². The first kappa shape index (κ1) is 26.6. The third-order valence-electron chi connectivity index (χ3n) is 6.00. The molecule has 14 nitrogen and oxygen atoms in total. The van der Waals surface area contributed by atoms with E-state index in [1.807, 2.05) is 30.0 Å². The van der Waals surface area contributed by atoms with Crippen molar-refractivity contribution in [3.8, 4) is 17.3 Å². The number of ether oxygens (including phenoxy) is 2. The molecule has 0 aromatic carbocycles. The molecule has 2 N–H and O–H groups in total. The molecule has 1 saturated heterocycles. The van der Waals surface area contributed by atoms with Crippen LogP contribution in [0, 0.1) is 0 Å². The predicted molar refractivity (Wildman–Crippen MR) is 142 cm³/mol. The van der Waals surface area contributed by atoms with Crippen LogP contribution < -0.4 is 24.9 Å². The van der Waals surface area contributed by atoms with Gasteiger partial charge in [-0.05, 0) is 12.8 Å². The monoisotopic (exact) mass is 522 g/mol. The summed E-state index contributed by atoms with van der Waals surface area (Å²) in [6, 6.07) is 3.63. The molecular formula is C24H30N10O4. The van der Waals surface area contributed by atoms with Gasteiger partial charge in [0.1, 0.15) is 5.69 Å². The molecule has 1 fully saturated rings. The van der Waals surface area contributed by atoms with E-state index in [9.17, 15) is 4.79 Å². The van der Waals surface area contributed by atoms with Crippen molar-refractivity contribution in [1.82, 2.24) is 30.4 Å². The Labute approximate surface area is 220 Å². The molecule has 0 aliphatic carbocycles. The number of anilines is 3. The molecule has 0 bridgehead atoms.